The second-order valence-corrected chi connectivity index (χ2v) is 2.02. The first-order chi connectivity index (χ1) is 6.21. The van der Waals surface area contributed by atoms with E-state index >= 15 is 0 Å². The highest BCUT2D eigenvalue weighted by molar-refractivity contribution is 5.73. The Bertz CT molecular complexity index is 209. The van der Waals surface area contributed by atoms with Crippen LogP contribution in [0.5, 0.6) is 0 Å². The summed E-state index contributed by atoms with van der Waals surface area (Å²) in [5.41, 5.74) is 0. The van der Waals surface area contributed by atoms with Gasteiger partial charge in [-0.05, 0) is 6.42 Å². The first-order valence-corrected chi connectivity index (χ1v) is 3.34. The largest absolute Gasteiger partial charge is 0.490 e. The van der Waals surface area contributed by atoms with Gasteiger partial charge in [-0.25, -0.2) is 4.79 Å². The van der Waals surface area contributed by atoms with Gasteiger partial charge in [-0.15, -0.1) is 6.58 Å². The van der Waals surface area contributed by atoms with Crippen molar-refractivity contribution in [1.82, 2.24) is 0 Å². The summed E-state index contributed by atoms with van der Waals surface area (Å²) in [6.45, 7) is 3.37. The molecule has 0 aliphatic heterocycles. The smallest absolute Gasteiger partial charge is 0.481 e. The fraction of sp³-hybridized carbons (Fsp3) is 0.429. The summed E-state index contributed by atoms with van der Waals surface area (Å²) in [6.07, 6.45) is -2.73. The summed E-state index contributed by atoms with van der Waals surface area (Å²) in [5.74, 6) is -3.52. The predicted molar refractivity (Wildman–Crippen MR) is 40.8 cm³/mol. The fourth-order valence-electron chi connectivity index (χ4n) is 0.226. The molecule has 0 unspecified atom stereocenters. The van der Waals surface area contributed by atoms with E-state index in [1.807, 2.05) is 0 Å². The molecule has 0 bridgehead atoms. The van der Waals surface area contributed by atoms with Crippen LogP contribution in [0.3, 0.4) is 0 Å². The zero-order valence-electron chi connectivity index (χ0n) is 7.04. The third-order valence-electron chi connectivity index (χ3n) is 0.805. The van der Waals surface area contributed by atoms with Crippen LogP contribution in [0.2, 0.25) is 0 Å². The number of carbonyl (C=O) groups is 2. The Labute approximate surface area is 77.7 Å². The Morgan fingerprint density at radius 3 is 1.71 bits per heavy atom. The summed E-state index contributed by atoms with van der Waals surface area (Å²) in [6, 6.07) is 0. The van der Waals surface area contributed by atoms with Crippen molar-refractivity contribution in [3.63, 3.8) is 0 Å². The number of allylic oxidation sites excluding steroid dienone is 1. The molecule has 0 aliphatic carbocycles. The SMILES string of the molecule is C=CCCC(=O)O.O=C(O)C(F)(F)F. The number of carboxylic acids is 2. The number of hydrogen-bond acceptors (Lipinski definition) is 2. The molecule has 82 valence electrons. The van der Waals surface area contributed by atoms with Gasteiger partial charge < -0.3 is 10.2 Å². The molecular weight excluding hydrogens is 205 g/mol. The summed E-state index contributed by atoms with van der Waals surface area (Å²) < 4.78 is 31.7. The maximum Gasteiger partial charge on any atom is 0.490 e. The molecule has 0 aromatic rings. The van der Waals surface area contributed by atoms with Crippen LogP contribution in [0.1, 0.15) is 12.8 Å². The molecule has 0 rings (SSSR count). The van der Waals surface area contributed by atoms with E-state index in [0.29, 0.717) is 6.42 Å². The molecule has 0 atom stereocenters. The van der Waals surface area contributed by atoms with Crippen molar-refractivity contribution in [2.24, 2.45) is 0 Å². The minimum Gasteiger partial charge on any atom is -0.481 e. The molecule has 0 spiro atoms. The summed E-state index contributed by atoms with van der Waals surface area (Å²) >= 11 is 0. The van der Waals surface area contributed by atoms with Gasteiger partial charge in [0.25, 0.3) is 0 Å². The van der Waals surface area contributed by atoms with Crippen molar-refractivity contribution >= 4 is 11.9 Å². The standard InChI is InChI=1S/C5H8O2.C2HF3O2/c1-2-3-4-5(6)7;3-2(4,5)1(6)7/h2H,1,3-4H2,(H,6,7);(H,6,7). The van der Waals surface area contributed by atoms with Crippen molar-refractivity contribution in [3.05, 3.63) is 12.7 Å². The molecular formula is C7H9F3O4. The van der Waals surface area contributed by atoms with Gasteiger partial charge >= 0.3 is 18.1 Å². The van der Waals surface area contributed by atoms with E-state index < -0.39 is 18.1 Å². The van der Waals surface area contributed by atoms with Gasteiger partial charge in [0.2, 0.25) is 0 Å². The Balaban J connectivity index is 0. The lowest BCUT2D eigenvalue weighted by atomic mass is 10.3. The van der Waals surface area contributed by atoms with Crippen LogP contribution < -0.4 is 0 Å². The average Bonchev–Trinajstić information content (AvgIpc) is 2.00. The third-order valence-corrected chi connectivity index (χ3v) is 0.805. The van der Waals surface area contributed by atoms with Crippen molar-refractivity contribution in [2.75, 3.05) is 0 Å². The fourth-order valence-corrected chi connectivity index (χ4v) is 0.226. The minimum absolute atomic E-state index is 0.198. The number of hydrogen-bond donors (Lipinski definition) is 2. The molecule has 0 saturated heterocycles. The second kappa shape index (κ2) is 6.93. The van der Waals surface area contributed by atoms with Crippen molar-refractivity contribution in [1.29, 1.82) is 0 Å². The monoisotopic (exact) mass is 214 g/mol. The molecule has 0 aromatic carbocycles. The first-order valence-electron chi connectivity index (χ1n) is 3.34. The third kappa shape index (κ3) is 13.1. The molecule has 0 aliphatic rings. The lowest BCUT2D eigenvalue weighted by Crippen LogP contribution is -2.21. The van der Waals surface area contributed by atoms with E-state index in [4.69, 9.17) is 15.0 Å². The van der Waals surface area contributed by atoms with Crippen LogP contribution in [-0.2, 0) is 9.59 Å². The van der Waals surface area contributed by atoms with Gasteiger partial charge in [-0.1, -0.05) is 6.08 Å². The van der Waals surface area contributed by atoms with E-state index in [1.54, 1.807) is 6.08 Å². The molecule has 0 fully saturated rings. The zero-order chi connectivity index (χ0) is 11.8. The Kier molecular flexibility index (Phi) is 7.41. The maximum atomic E-state index is 10.6. The molecule has 14 heavy (non-hydrogen) atoms. The molecule has 0 radical (unpaired) electrons. The summed E-state index contributed by atoms with van der Waals surface area (Å²) in [7, 11) is 0. The number of halogens is 3. The molecule has 2 N–H and O–H groups in total. The van der Waals surface area contributed by atoms with Crippen LogP contribution in [0.4, 0.5) is 13.2 Å². The van der Waals surface area contributed by atoms with Gasteiger partial charge in [-0.3, -0.25) is 4.79 Å². The quantitative estimate of drug-likeness (QED) is 0.700. The van der Waals surface area contributed by atoms with E-state index in [-0.39, 0.29) is 6.42 Å². The Hall–Kier alpha value is -1.53. The lowest BCUT2D eigenvalue weighted by molar-refractivity contribution is -0.192. The number of alkyl halides is 3. The normalized spacial score (nSPS) is 9.64. The highest BCUT2D eigenvalue weighted by atomic mass is 19.4. The predicted octanol–water partition coefficient (Wildman–Crippen LogP) is 1.67. The van der Waals surface area contributed by atoms with Gasteiger partial charge in [0.15, 0.2) is 0 Å². The zero-order valence-corrected chi connectivity index (χ0v) is 7.04. The highest BCUT2D eigenvalue weighted by Gasteiger charge is 2.38. The van der Waals surface area contributed by atoms with Crippen LogP contribution in [0.25, 0.3) is 0 Å². The molecule has 0 heterocycles. The summed E-state index contributed by atoms with van der Waals surface area (Å²) in [5, 5.41) is 15.1. The minimum atomic E-state index is -5.08. The van der Waals surface area contributed by atoms with E-state index in [2.05, 4.69) is 6.58 Å². The number of rotatable bonds is 3. The van der Waals surface area contributed by atoms with E-state index in [0.717, 1.165) is 0 Å². The Morgan fingerprint density at radius 2 is 1.64 bits per heavy atom. The van der Waals surface area contributed by atoms with Gasteiger partial charge in [-0.2, -0.15) is 13.2 Å². The molecule has 0 aromatic heterocycles. The molecule has 0 amide bonds. The lowest BCUT2D eigenvalue weighted by Gasteiger charge is -1.93. The average molecular weight is 214 g/mol. The number of carboxylic acid groups (broad SMARTS) is 2. The number of aliphatic carboxylic acids is 2. The van der Waals surface area contributed by atoms with Gasteiger partial charge in [0.1, 0.15) is 0 Å². The summed E-state index contributed by atoms with van der Waals surface area (Å²) in [4.78, 5) is 18.6. The second-order valence-electron chi connectivity index (χ2n) is 2.02. The van der Waals surface area contributed by atoms with E-state index in [1.165, 1.54) is 0 Å². The first kappa shape index (κ1) is 15.0. The molecule has 7 heteroatoms. The Morgan fingerprint density at radius 1 is 1.29 bits per heavy atom. The van der Waals surface area contributed by atoms with Crippen LogP contribution in [-0.4, -0.2) is 28.3 Å². The highest BCUT2D eigenvalue weighted by Crippen LogP contribution is 2.13. The van der Waals surface area contributed by atoms with Crippen LogP contribution >= 0.6 is 0 Å². The van der Waals surface area contributed by atoms with Crippen LogP contribution in [0.15, 0.2) is 12.7 Å². The van der Waals surface area contributed by atoms with Crippen molar-refractivity contribution in [3.8, 4) is 0 Å². The van der Waals surface area contributed by atoms with Gasteiger partial charge in [0.05, 0.1) is 0 Å². The molecule has 0 saturated carbocycles. The maximum absolute atomic E-state index is 10.6. The van der Waals surface area contributed by atoms with E-state index in [9.17, 15) is 18.0 Å². The van der Waals surface area contributed by atoms with Crippen LogP contribution in [0, 0.1) is 0 Å². The van der Waals surface area contributed by atoms with Gasteiger partial charge in [0, 0.05) is 6.42 Å². The van der Waals surface area contributed by atoms with Crippen molar-refractivity contribution < 1.29 is 33.0 Å². The van der Waals surface area contributed by atoms with Crippen molar-refractivity contribution in [2.45, 2.75) is 19.0 Å². The molecule has 4 nitrogen and oxygen atoms in total. The topological polar surface area (TPSA) is 74.6 Å².